The van der Waals surface area contributed by atoms with Gasteiger partial charge in [-0.1, -0.05) is 13.8 Å². The molecule has 0 spiro atoms. The minimum absolute atomic E-state index is 0.455. The third-order valence-corrected chi connectivity index (χ3v) is 4.06. The van der Waals surface area contributed by atoms with Gasteiger partial charge in [0, 0.05) is 31.2 Å². The Labute approximate surface area is 126 Å². The number of hydrogen-bond donors (Lipinski definition) is 1. The maximum Gasteiger partial charge on any atom is 0.129 e. The fraction of sp³-hybridized carbons (Fsp3) is 0.471. The first-order valence-corrected chi connectivity index (χ1v) is 7.64. The first kappa shape index (κ1) is 14.1. The molecule has 1 aliphatic heterocycles. The second kappa shape index (κ2) is 5.90. The first-order valence-electron chi connectivity index (χ1n) is 7.64. The Balaban J connectivity index is 2.03. The van der Waals surface area contributed by atoms with Crippen molar-refractivity contribution in [2.24, 2.45) is 0 Å². The lowest BCUT2D eigenvalue weighted by Crippen LogP contribution is -2.36. The standard InChI is InChI=1S/C17H23N3O/c1-12(2)15-11-13-10-14(20-6-8-21-9-7-20)4-5-16(13)19-17(15)18-3/h4-5,10-12H,6-9H2,1-3H3,(H,18,19). The van der Waals surface area contributed by atoms with Crippen molar-refractivity contribution in [2.45, 2.75) is 19.8 Å². The van der Waals surface area contributed by atoms with E-state index >= 15 is 0 Å². The van der Waals surface area contributed by atoms with Crippen molar-refractivity contribution in [3.8, 4) is 0 Å². The number of ether oxygens (including phenoxy) is 1. The summed E-state index contributed by atoms with van der Waals surface area (Å²) < 4.78 is 5.43. The molecule has 1 aromatic carbocycles. The van der Waals surface area contributed by atoms with Gasteiger partial charge in [0.2, 0.25) is 0 Å². The van der Waals surface area contributed by atoms with E-state index in [1.165, 1.54) is 16.6 Å². The molecule has 0 bridgehead atoms. The molecule has 3 rings (SSSR count). The lowest BCUT2D eigenvalue weighted by Gasteiger charge is -2.29. The van der Waals surface area contributed by atoms with Crippen molar-refractivity contribution in [1.29, 1.82) is 0 Å². The van der Waals surface area contributed by atoms with Crippen molar-refractivity contribution in [1.82, 2.24) is 4.98 Å². The second-order valence-corrected chi connectivity index (χ2v) is 5.81. The summed E-state index contributed by atoms with van der Waals surface area (Å²) in [4.78, 5) is 7.13. The number of hydrogen-bond acceptors (Lipinski definition) is 4. The highest BCUT2D eigenvalue weighted by molar-refractivity contribution is 5.85. The zero-order valence-electron chi connectivity index (χ0n) is 13.0. The highest BCUT2D eigenvalue weighted by Gasteiger charge is 2.13. The van der Waals surface area contributed by atoms with Gasteiger partial charge in [0.15, 0.2) is 0 Å². The van der Waals surface area contributed by atoms with Crippen LogP contribution in [0.25, 0.3) is 10.9 Å². The van der Waals surface area contributed by atoms with Gasteiger partial charge in [0.25, 0.3) is 0 Å². The van der Waals surface area contributed by atoms with E-state index in [9.17, 15) is 0 Å². The summed E-state index contributed by atoms with van der Waals surface area (Å²) in [5, 5.41) is 4.42. The zero-order valence-corrected chi connectivity index (χ0v) is 13.0. The smallest absolute Gasteiger partial charge is 0.129 e. The normalized spacial score (nSPS) is 15.7. The Kier molecular flexibility index (Phi) is 3.97. The molecule has 0 radical (unpaired) electrons. The molecule has 1 saturated heterocycles. The summed E-state index contributed by atoms with van der Waals surface area (Å²) in [6, 6.07) is 8.79. The number of nitrogens with zero attached hydrogens (tertiary/aromatic N) is 2. The molecule has 1 N–H and O–H groups in total. The summed E-state index contributed by atoms with van der Waals surface area (Å²) in [6.07, 6.45) is 0. The second-order valence-electron chi connectivity index (χ2n) is 5.81. The highest BCUT2D eigenvalue weighted by atomic mass is 16.5. The molecule has 112 valence electrons. The number of morpholine rings is 1. The molecule has 0 saturated carbocycles. The van der Waals surface area contributed by atoms with E-state index in [2.05, 4.69) is 48.3 Å². The van der Waals surface area contributed by atoms with Gasteiger partial charge in [-0.05, 0) is 35.7 Å². The van der Waals surface area contributed by atoms with Crippen LogP contribution in [0.15, 0.2) is 24.3 Å². The van der Waals surface area contributed by atoms with Crippen molar-refractivity contribution >= 4 is 22.4 Å². The monoisotopic (exact) mass is 285 g/mol. The molecule has 4 nitrogen and oxygen atoms in total. The van der Waals surface area contributed by atoms with Gasteiger partial charge in [-0.25, -0.2) is 4.98 Å². The number of aromatic nitrogens is 1. The fourth-order valence-electron chi connectivity index (χ4n) is 2.84. The van der Waals surface area contributed by atoms with Gasteiger partial charge in [-0.3, -0.25) is 0 Å². The number of benzene rings is 1. The third-order valence-electron chi connectivity index (χ3n) is 4.06. The molecule has 2 aromatic rings. The van der Waals surface area contributed by atoms with Crippen LogP contribution in [0.4, 0.5) is 11.5 Å². The van der Waals surface area contributed by atoms with E-state index < -0.39 is 0 Å². The van der Waals surface area contributed by atoms with Crippen molar-refractivity contribution in [3.05, 3.63) is 29.8 Å². The summed E-state index contributed by atoms with van der Waals surface area (Å²) in [7, 11) is 1.93. The molecule has 4 heteroatoms. The van der Waals surface area contributed by atoms with Gasteiger partial charge >= 0.3 is 0 Å². The molecule has 1 aromatic heterocycles. The van der Waals surface area contributed by atoms with E-state index in [-0.39, 0.29) is 0 Å². The van der Waals surface area contributed by atoms with Crippen LogP contribution < -0.4 is 10.2 Å². The summed E-state index contributed by atoms with van der Waals surface area (Å²) >= 11 is 0. The first-order chi connectivity index (χ1) is 10.2. The number of nitrogens with one attached hydrogen (secondary N) is 1. The number of anilines is 2. The van der Waals surface area contributed by atoms with Crippen LogP contribution in [0.3, 0.4) is 0 Å². The molecular formula is C17H23N3O. The van der Waals surface area contributed by atoms with Crippen LogP contribution >= 0.6 is 0 Å². The van der Waals surface area contributed by atoms with Gasteiger partial charge in [0.1, 0.15) is 5.82 Å². The van der Waals surface area contributed by atoms with Crippen molar-refractivity contribution < 1.29 is 4.74 Å². The molecule has 0 atom stereocenters. The van der Waals surface area contributed by atoms with Gasteiger partial charge in [0.05, 0.1) is 18.7 Å². The average Bonchev–Trinajstić information content (AvgIpc) is 2.53. The molecule has 1 fully saturated rings. The SMILES string of the molecule is CNc1nc2ccc(N3CCOCC3)cc2cc1C(C)C. The Hall–Kier alpha value is -1.81. The third kappa shape index (κ3) is 2.81. The predicted octanol–water partition coefficient (Wildman–Crippen LogP) is 3.24. The molecule has 2 heterocycles. The predicted molar refractivity (Wildman–Crippen MR) is 88.4 cm³/mol. The molecule has 0 amide bonds. The van der Waals surface area contributed by atoms with Gasteiger partial charge in [-0.2, -0.15) is 0 Å². The molecule has 1 aliphatic rings. The Bertz CT molecular complexity index is 633. The van der Waals surface area contributed by atoms with E-state index in [0.717, 1.165) is 37.6 Å². The van der Waals surface area contributed by atoms with Crippen molar-refractivity contribution in [2.75, 3.05) is 43.6 Å². The zero-order chi connectivity index (χ0) is 14.8. The van der Waals surface area contributed by atoms with E-state index in [1.54, 1.807) is 0 Å². The Morgan fingerprint density at radius 1 is 1.19 bits per heavy atom. The molecular weight excluding hydrogens is 262 g/mol. The maximum atomic E-state index is 5.43. The summed E-state index contributed by atoms with van der Waals surface area (Å²) in [6.45, 7) is 7.96. The number of fused-ring (bicyclic) bond motifs is 1. The van der Waals surface area contributed by atoms with Crippen LogP contribution in [0.2, 0.25) is 0 Å². The van der Waals surface area contributed by atoms with Crippen LogP contribution in [-0.2, 0) is 4.74 Å². The molecule has 0 unspecified atom stereocenters. The quantitative estimate of drug-likeness (QED) is 0.939. The summed E-state index contributed by atoms with van der Waals surface area (Å²) in [5.74, 6) is 1.44. The van der Waals surface area contributed by atoms with Gasteiger partial charge in [-0.15, -0.1) is 0 Å². The Morgan fingerprint density at radius 3 is 2.62 bits per heavy atom. The number of pyridine rings is 1. The van der Waals surface area contributed by atoms with E-state index in [0.29, 0.717) is 5.92 Å². The van der Waals surface area contributed by atoms with Crippen LogP contribution in [0, 0.1) is 0 Å². The minimum Gasteiger partial charge on any atom is -0.378 e. The van der Waals surface area contributed by atoms with Crippen LogP contribution in [-0.4, -0.2) is 38.3 Å². The van der Waals surface area contributed by atoms with E-state index in [4.69, 9.17) is 9.72 Å². The highest BCUT2D eigenvalue weighted by Crippen LogP contribution is 2.29. The topological polar surface area (TPSA) is 37.4 Å². The number of rotatable bonds is 3. The Morgan fingerprint density at radius 2 is 1.95 bits per heavy atom. The minimum atomic E-state index is 0.455. The van der Waals surface area contributed by atoms with E-state index in [1.807, 2.05) is 7.05 Å². The molecule has 0 aliphatic carbocycles. The maximum absolute atomic E-state index is 5.43. The van der Waals surface area contributed by atoms with Crippen molar-refractivity contribution in [3.63, 3.8) is 0 Å². The van der Waals surface area contributed by atoms with Gasteiger partial charge < -0.3 is 15.0 Å². The lowest BCUT2D eigenvalue weighted by molar-refractivity contribution is 0.122. The van der Waals surface area contributed by atoms with Crippen LogP contribution in [0.5, 0.6) is 0 Å². The fourth-order valence-corrected chi connectivity index (χ4v) is 2.84. The average molecular weight is 285 g/mol. The lowest BCUT2D eigenvalue weighted by atomic mass is 10.0. The molecule has 21 heavy (non-hydrogen) atoms. The van der Waals surface area contributed by atoms with Crippen LogP contribution in [0.1, 0.15) is 25.3 Å². The largest absolute Gasteiger partial charge is 0.378 e. The summed E-state index contributed by atoms with van der Waals surface area (Å²) in [5.41, 5.74) is 3.57.